The summed E-state index contributed by atoms with van der Waals surface area (Å²) in [6, 6.07) is 6.37. The van der Waals surface area contributed by atoms with Gasteiger partial charge in [-0.2, -0.15) is 0 Å². The van der Waals surface area contributed by atoms with Gasteiger partial charge in [0.25, 0.3) is 5.91 Å². The summed E-state index contributed by atoms with van der Waals surface area (Å²) in [5.74, 6) is -1.14. The van der Waals surface area contributed by atoms with Gasteiger partial charge in [-0.3, -0.25) is 9.59 Å². The van der Waals surface area contributed by atoms with Crippen LogP contribution in [0.15, 0.2) is 24.3 Å². The Balaban J connectivity index is 1.84. The topological polar surface area (TPSA) is 86.7 Å². The van der Waals surface area contributed by atoms with E-state index in [0.717, 1.165) is 4.88 Å². The van der Waals surface area contributed by atoms with Crippen LogP contribution < -0.4 is 5.32 Å². The summed E-state index contributed by atoms with van der Waals surface area (Å²) >= 11 is 7.07. The largest absolute Gasteiger partial charge is 0.478 e. The first-order valence-corrected chi connectivity index (χ1v) is 10.2. The first kappa shape index (κ1) is 20.4. The second kappa shape index (κ2) is 8.32. The van der Waals surface area contributed by atoms with Gasteiger partial charge in [-0.15, -0.1) is 11.3 Å². The van der Waals surface area contributed by atoms with E-state index < -0.39 is 11.9 Å². The smallest absolute Gasteiger partial charge is 0.339 e. The lowest BCUT2D eigenvalue weighted by Gasteiger charge is -2.27. The summed E-state index contributed by atoms with van der Waals surface area (Å²) in [4.78, 5) is 39.3. The highest BCUT2D eigenvalue weighted by molar-refractivity contribution is 7.17. The van der Waals surface area contributed by atoms with E-state index in [1.807, 2.05) is 13.8 Å². The summed E-state index contributed by atoms with van der Waals surface area (Å²) in [6.45, 7) is 4.85. The number of amides is 2. The van der Waals surface area contributed by atoms with Crippen LogP contribution in [-0.2, 0) is 17.8 Å². The Morgan fingerprint density at radius 3 is 2.54 bits per heavy atom. The van der Waals surface area contributed by atoms with Gasteiger partial charge in [0.05, 0.1) is 12.1 Å². The van der Waals surface area contributed by atoms with Crippen LogP contribution in [0.4, 0.5) is 5.00 Å². The Bertz CT molecular complexity index is 921. The summed E-state index contributed by atoms with van der Waals surface area (Å²) in [5, 5.41) is 13.2. The molecule has 2 heterocycles. The van der Waals surface area contributed by atoms with Crippen LogP contribution in [0.1, 0.15) is 51.4 Å². The number of anilines is 1. The van der Waals surface area contributed by atoms with Gasteiger partial charge in [0.1, 0.15) is 5.00 Å². The molecule has 2 amide bonds. The van der Waals surface area contributed by atoms with Crippen molar-refractivity contribution in [2.45, 2.75) is 33.2 Å². The molecular formula is C20H21ClN2O4S. The molecule has 3 rings (SSSR count). The predicted octanol–water partition coefficient (Wildman–Crippen LogP) is 4.28. The van der Waals surface area contributed by atoms with E-state index in [1.165, 1.54) is 11.3 Å². The highest BCUT2D eigenvalue weighted by Crippen LogP contribution is 2.37. The first-order valence-electron chi connectivity index (χ1n) is 8.98. The lowest BCUT2D eigenvalue weighted by Crippen LogP contribution is -2.36. The quantitative estimate of drug-likeness (QED) is 0.755. The molecule has 2 N–H and O–H groups in total. The first-order chi connectivity index (χ1) is 13.3. The molecule has 6 nitrogen and oxygen atoms in total. The molecule has 0 aliphatic carbocycles. The molecule has 0 radical (unpaired) electrons. The van der Waals surface area contributed by atoms with E-state index in [1.54, 1.807) is 29.2 Å². The van der Waals surface area contributed by atoms with E-state index in [0.29, 0.717) is 47.1 Å². The zero-order chi connectivity index (χ0) is 20.4. The van der Waals surface area contributed by atoms with Crippen molar-refractivity contribution in [1.29, 1.82) is 0 Å². The van der Waals surface area contributed by atoms with E-state index in [2.05, 4.69) is 5.32 Å². The molecular weight excluding hydrogens is 400 g/mol. The van der Waals surface area contributed by atoms with Gasteiger partial charge < -0.3 is 15.3 Å². The third-order valence-electron chi connectivity index (χ3n) is 4.54. The number of hydrogen-bond donors (Lipinski definition) is 2. The normalized spacial score (nSPS) is 13.4. The molecule has 28 heavy (non-hydrogen) atoms. The van der Waals surface area contributed by atoms with Crippen molar-refractivity contribution >= 4 is 45.7 Å². The number of carboxylic acid groups (broad SMARTS) is 1. The lowest BCUT2D eigenvalue weighted by molar-refractivity contribution is -0.132. The maximum atomic E-state index is 12.5. The molecule has 2 aromatic rings. The van der Waals surface area contributed by atoms with Crippen LogP contribution in [0.25, 0.3) is 0 Å². The summed E-state index contributed by atoms with van der Waals surface area (Å²) < 4.78 is 0. The average molecular weight is 421 g/mol. The zero-order valence-electron chi connectivity index (χ0n) is 15.6. The molecule has 1 aliphatic rings. The number of aromatic carboxylic acids is 1. The number of nitrogens with zero attached hydrogens (tertiary/aromatic N) is 1. The monoisotopic (exact) mass is 420 g/mol. The van der Waals surface area contributed by atoms with Crippen LogP contribution in [-0.4, -0.2) is 34.3 Å². The second-order valence-electron chi connectivity index (χ2n) is 7.14. The van der Waals surface area contributed by atoms with E-state index in [4.69, 9.17) is 11.6 Å². The number of carbonyl (C=O) groups excluding carboxylic acids is 2. The minimum Gasteiger partial charge on any atom is -0.478 e. The third kappa shape index (κ3) is 4.36. The molecule has 1 aromatic carbocycles. The Hall–Kier alpha value is -2.38. The lowest BCUT2D eigenvalue weighted by atomic mass is 10.0. The number of carboxylic acids is 1. The van der Waals surface area contributed by atoms with Gasteiger partial charge in [-0.1, -0.05) is 25.4 Å². The van der Waals surface area contributed by atoms with Crippen molar-refractivity contribution in [2.75, 3.05) is 11.9 Å². The average Bonchev–Trinajstić information content (AvgIpc) is 2.98. The molecule has 1 aliphatic heterocycles. The molecule has 0 saturated heterocycles. The maximum absolute atomic E-state index is 12.5. The van der Waals surface area contributed by atoms with Crippen molar-refractivity contribution in [1.82, 2.24) is 4.90 Å². The standard InChI is InChI=1S/C20H21ClN2O4S/c1-11(2)9-16(24)23-8-7-14-15(10-23)28-19(17(14)20(26)27)22-18(25)12-3-5-13(21)6-4-12/h3-6,11H,7-10H2,1-2H3,(H,22,25)(H,26,27). The van der Waals surface area contributed by atoms with Gasteiger partial charge in [0.15, 0.2) is 0 Å². The second-order valence-corrected chi connectivity index (χ2v) is 8.68. The summed E-state index contributed by atoms with van der Waals surface area (Å²) in [5.41, 5.74) is 1.22. The zero-order valence-corrected chi connectivity index (χ0v) is 17.2. The van der Waals surface area contributed by atoms with Gasteiger partial charge in [0, 0.05) is 28.4 Å². The predicted molar refractivity (Wildman–Crippen MR) is 109 cm³/mol. The fourth-order valence-electron chi connectivity index (χ4n) is 3.19. The number of halogens is 1. The summed E-state index contributed by atoms with van der Waals surface area (Å²) in [6.07, 6.45) is 0.931. The van der Waals surface area contributed by atoms with Crippen molar-refractivity contribution in [3.8, 4) is 0 Å². The minimum atomic E-state index is -1.08. The van der Waals surface area contributed by atoms with Gasteiger partial charge in [-0.05, 0) is 42.2 Å². The molecule has 8 heteroatoms. The highest BCUT2D eigenvalue weighted by atomic mass is 35.5. The van der Waals surface area contributed by atoms with Gasteiger partial charge in [0.2, 0.25) is 5.91 Å². The highest BCUT2D eigenvalue weighted by Gasteiger charge is 2.30. The van der Waals surface area contributed by atoms with Crippen molar-refractivity contribution in [3.05, 3.63) is 50.9 Å². The van der Waals surface area contributed by atoms with Crippen LogP contribution in [0, 0.1) is 5.92 Å². The molecule has 0 bridgehead atoms. The Morgan fingerprint density at radius 1 is 1.25 bits per heavy atom. The van der Waals surface area contributed by atoms with Crippen LogP contribution >= 0.6 is 22.9 Å². The Kier molecular flexibility index (Phi) is 6.05. The summed E-state index contributed by atoms with van der Waals surface area (Å²) in [7, 11) is 0. The van der Waals surface area contributed by atoms with E-state index in [-0.39, 0.29) is 17.4 Å². The molecule has 0 spiro atoms. The number of nitrogens with one attached hydrogen (secondary N) is 1. The number of benzene rings is 1. The Labute approximate surface area is 172 Å². The van der Waals surface area contributed by atoms with E-state index >= 15 is 0 Å². The molecule has 0 unspecified atom stereocenters. The molecule has 0 atom stereocenters. The van der Waals surface area contributed by atoms with Crippen molar-refractivity contribution < 1.29 is 19.5 Å². The van der Waals surface area contributed by atoms with Crippen LogP contribution in [0.2, 0.25) is 5.02 Å². The number of carbonyl (C=O) groups is 3. The molecule has 1 aromatic heterocycles. The molecule has 0 saturated carbocycles. The maximum Gasteiger partial charge on any atom is 0.339 e. The molecule has 148 valence electrons. The Morgan fingerprint density at radius 2 is 1.93 bits per heavy atom. The fraction of sp³-hybridized carbons (Fsp3) is 0.350. The van der Waals surface area contributed by atoms with Gasteiger partial charge >= 0.3 is 5.97 Å². The number of hydrogen-bond acceptors (Lipinski definition) is 4. The number of fused-ring (bicyclic) bond motifs is 1. The fourth-order valence-corrected chi connectivity index (χ4v) is 4.56. The third-order valence-corrected chi connectivity index (χ3v) is 5.92. The van der Waals surface area contributed by atoms with E-state index in [9.17, 15) is 19.5 Å². The minimum absolute atomic E-state index is 0.0673. The molecule has 0 fully saturated rings. The SMILES string of the molecule is CC(C)CC(=O)N1CCc2c(sc(NC(=O)c3ccc(Cl)cc3)c2C(=O)O)C1. The van der Waals surface area contributed by atoms with Crippen molar-refractivity contribution in [3.63, 3.8) is 0 Å². The number of rotatable bonds is 5. The van der Waals surface area contributed by atoms with Gasteiger partial charge in [-0.25, -0.2) is 4.79 Å². The van der Waals surface area contributed by atoms with Crippen molar-refractivity contribution in [2.24, 2.45) is 5.92 Å². The number of thiophene rings is 1. The van der Waals surface area contributed by atoms with Crippen LogP contribution in [0.3, 0.4) is 0 Å². The van der Waals surface area contributed by atoms with Crippen LogP contribution in [0.5, 0.6) is 0 Å².